The molecule has 0 saturated carbocycles. The summed E-state index contributed by atoms with van der Waals surface area (Å²) in [7, 11) is 0. The fourth-order valence-corrected chi connectivity index (χ4v) is 0.558. The van der Waals surface area contributed by atoms with Crippen LogP contribution in [-0.4, -0.2) is 5.48 Å². The smallest absolute Gasteiger partial charge is 0 e. The van der Waals surface area contributed by atoms with Crippen LogP contribution >= 0.6 is 0 Å². The van der Waals surface area contributed by atoms with E-state index >= 15 is 0 Å². The molecule has 1 aliphatic carbocycles. The summed E-state index contributed by atoms with van der Waals surface area (Å²) < 4.78 is 0. The zero-order valence-corrected chi connectivity index (χ0v) is 10.9. The van der Waals surface area contributed by atoms with E-state index in [1.165, 1.54) is 5.57 Å². The summed E-state index contributed by atoms with van der Waals surface area (Å²) in [5.41, 5.74) is 1.20. The van der Waals surface area contributed by atoms with Crippen molar-refractivity contribution in [1.82, 2.24) is 0 Å². The second-order valence-electron chi connectivity index (χ2n) is 1.65. The molecule has 0 aromatic rings. The van der Waals surface area contributed by atoms with E-state index in [2.05, 4.69) is 12.7 Å². The Bertz CT molecular complexity index is 136. The molecule has 0 radical (unpaired) electrons. The molecule has 0 atom stereocenters. The molecule has 0 aromatic heterocycles. The molecule has 2 N–H and O–H groups in total. The van der Waals surface area contributed by atoms with Crippen LogP contribution in [-0.2, 0) is 27.7 Å². The maximum Gasteiger partial charge on any atom is 0 e. The van der Waals surface area contributed by atoms with Crippen LogP contribution in [0.5, 0.6) is 0 Å². The summed E-state index contributed by atoms with van der Waals surface area (Å²) in [6.07, 6.45) is 9.19. The average Bonchev–Trinajstić information content (AvgIpc) is 1.69. The Morgan fingerprint density at radius 3 is 2.22 bits per heavy atom. The van der Waals surface area contributed by atoms with Crippen molar-refractivity contribution in [3.05, 3.63) is 36.5 Å². The standard InChI is InChI=1S/C7H8.Hg.H2O/c1-7-5-3-2-4-6-7;;/h2-5H,1,6H2;;1H2. The average molecular weight is 311 g/mol. The summed E-state index contributed by atoms with van der Waals surface area (Å²) in [6, 6.07) is 0. The minimum Gasteiger partial charge on any atom is -0.412 e. The Hall–Kier alpha value is 0.115. The second-order valence-corrected chi connectivity index (χ2v) is 1.65. The molecule has 9 heavy (non-hydrogen) atoms. The van der Waals surface area contributed by atoms with E-state index in [-0.39, 0.29) is 33.1 Å². The molecule has 0 spiro atoms. The van der Waals surface area contributed by atoms with Crippen molar-refractivity contribution < 1.29 is 33.1 Å². The number of hydrogen-bond acceptors (Lipinski definition) is 0. The molecule has 0 saturated heterocycles. The van der Waals surface area contributed by atoms with E-state index in [9.17, 15) is 0 Å². The molecule has 1 rings (SSSR count). The van der Waals surface area contributed by atoms with Crippen molar-refractivity contribution in [1.29, 1.82) is 0 Å². The molecule has 0 aliphatic heterocycles. The monoisotopic (exact) mass is 312 g/mol. The molecular weight excluding hydrogens is 301 g/mol. The predicted molar refractivity (Wildman–Crippen MR) is 35.7 cm³/mol. The summed E-state index contributed by atoms with van der Waals surface area (Å²) in [4.78, 5) is 0. The molecule has 0 unspecified atom stereocenters. The molecule has 0 bridgehead atoms. The predicted octanol–water partition coefficient (Wildman–Crippen LogP) is 1.23. The Morgan fingerprint density at radius 1 is 1.33 bits per heavy atom. The van der Waals surface area contributed by atoms with E-state index in [4.69, 9.17) is 0 Å². The molecule has 0 amide bonds. The van der Waals surface area contributed by atoms with E-state index < -0.39 is 0 Å². The summed E-state index contributed by atoms with van der Waals surface area (Å²) in [5.74, 6) is 0. The van der Waals surface area contributed by atoms with Crippen LogP contribution in [0.15, 0.2) is 36.5 Å². The Morgan fingerprint density at radius 2 is 2.00 bits per heavy atom. The first-order valence-corrected chi connectivity index (χ1v) is 2.40. The zero-order valence-electron chi connectivity index (χ0n) is 5.43. The molecule has 1 nitrogen and oxygen atoms in total. The fraction of sp³-hybridized carbons (Fsp3) is 0.143. The summed E-state index contributed by atoms with van der Waals surface area (Å²) >= 11 is 0. The third-order valence-corrected chi connectivity index (χ3v) is 0.959. The third kappa shape index (κ3) is 4.61. The number of rotatable bonds is 0. The Balaban J connectivity index is 0. The van der Waals surface area contributed by atoms with Crippen LogP contribution in [0.2, 0.25) is 0 Å². The van der Waals surface area contributed by atoms with Crippen molar-refractivity contribution in [2.24, 2.45) is 0 Å². The SMILES string of the molecule is C=C1C=CC=CC1.O.[Hg]. The van der Waals surface area contributed by atoms with Crippen LogP contribution < -0.4 is 0 Å². The maximum atomic E-state index is 3.78. The zero-order chi connectivity index (χ0) is 5.11. The van der Waals surface area contributed by atoms with Gasteiger partial charge in [-0.3, -0.25) is 0 Å². The van der Waals surface area contributed by atoms with Crippen molar-refractivity contribution in [2.45, 2.75) is 6.42 Å². The van der Waals surface area contributed by atoms with Crippen LogP contribution in [0, 0.1) is 0 Å². The molecule has 1 aliphatic rings. The van der Waals surface area contributed by atoms with Gasteiger partial charge in [0.15, 0.2) is 0 Å². The minimum atomic E-state index is 0. The number of allylic oxidation sites excluding steroid dienone is 5. The Labute approximate surface area is 76.0 Å². The first kappa shape index (κ1) is 11.9. The van der Waals surface area contributed by atoms with Crippen LogP contribution in [0.3, 0.4) is 0 Å². The molecule has 0 fully saturated rings. The molecular formula is C7H10HgO. The van der Waals surface area contributed by atoms with Gasteiger partial charge in [0.1, 0.15) is 0 Å². The van der Waals surface area contributed by atoms with Crippen LogP contribution in [0.1, 0.15) is 6.42 Å². The van der Waals surface area contributed by atoms with Crippen molar-refractivity contribution in [2.75, 3.05) is 0 Å². The largest absolute Gasteiger partial charge is 0.412 e. The van der Waals surface area contributed by atoms with Gasteiger partial charge in [-0.1, -0.05) is 36.5 Å². The molecule has 0 aromatic carbocycles. The van der Waals surface area contributed by atoms with Gasteiger partial charge in [-0.05, 0) is 6.42 Å². The first-order valence-electron chi connectivity index (χ1n) is 2.40. The van der Waals surface area contributed by atoms with Gasteiger partial charge in [0.2, 0.25) is 0 Å². The minimum absolute atomic E-state index is 0. The van der Waals surface area contributed by atoms with Gasteiger partial charge >= 0.3 is 0 Å². The van der Waals surface area contributed by atoms with Crippen molar-refractivity contribution >= 4 is 0 Å². The van der Waals surface area contributed by atoms with Crippen LogP contribution in [0.25, 0.3) is 0 Å². The molecule has 2 heteroatoms. The number of hydrogen-bond donors (Lipinski definition) is 0. The summed E-state index contributed by atoms with van der Waals surface area (Å²) in [6.45, 7) is 3.78. The van der Waals surface area contributed by atoms with Gasteiger partial charge in [0.25, 0.3) is 0 Å². The van der Waals surface area contributed by atoms with Gasteiger partial charge < -0.3 is 5.48 Å². The third-order valence-electron chi connectivity index (χ3n) is 0.959. The Kier molecular flexibility index (Phi) is 8.22. The van der Waals surface area contributed by atoms with E-state index in [1.807, 2.05) is 18.2 Å². The second kappa shape index (κ2) is 6.24. The van der Waals surface area contributed by atoms with Crippen molar-refractivity contribution in [3.63, 3.8) is 0 Å². The molecule has 46 valence electrons. The first-order chi connectivity index (χ1) is 3.39. The molecule has 0 heterocycles. The summed E-state index contributed by atoms with van der Waals surface area (Å²) in [5, 5.41) is 0. The maximum absolute atomic E-state index is 3.78. The van der Waals surface area contributed by atoms with Gasteiger partial charge in [-0.25, -0.2) is 0 Å². The van der Waals surface area contributed by atoms with E-state index in [0.717, 1.165) is 6.42 Å². The van der Waals surface area contributed by atoms with Gasteiger partial charge in [-0.15, -0.1) is 0 Å². The fourth-order valence-electron chi connectivity index (χ4n) is 0.558. The van der Waals surface area contributed by atoms with Gasteiger partial charge in [-0.2, -0.15) is 0 Å². The van der Waals surface area contributed by atoms with Crippen molar-refractivity contribution in [3.8, 4) is 0 Å². The van der Waals surface area contributed by atoms with E-state index in [1.54, 1.807) is 0 Å². The van der Waals surface area contributed by atoms with Gasteiger partial charge in [0, 0.05) is 27.7 Å². The quantitative estimate of drug-likeness (QED) is 0.603. The van der Waals surface area contributed by atoms with E-state index in [0.29, 0.717) is 0 Å². The van der Waals surface area contributed by atoms with Gasteiger partial charge in [0.05, 0.1) is 0 Å². The normalized spacial score (nSPS) is 14.0. The topological polar surface area (TPSA) is 31.5 Å². The van der Waals surface area contributed by atoms with Crippen LogP contribution in [0.4, 0.5) is 0 Å².